The van der Waals surface area contributed by atoms with Gasteiger partial charge in [0.2, 0.25) is 0 Å². The first-order chi connectivity index (χ1) is 8.54. The minimum Gasteiger partial charge on any atom is -0.461 e. The van der Waals surface area contributed by atoms with Crippen molar-refractivity contribution in [1.82, 2.24) is 9.55 Å². The van der Waals surface area contributed by atoms with Gasteiger partial charge in [0.05, 0.1) is 17.5 Å². The molecule has 0 N–H and O–H groups in total. The van der Waals surface area contributed by atoms with Crippen LogP contribution in [0, 0.1) is 6.92 Å². The Labute approximate surface area is 104 Å². The van der Waals surface area contributed by atoms with Crippen molar-refractivity contribution in [2.75, 3.05) is 6.61 Å². The lowest BCUT2D eigenvalue weighted by Gasteiger charge is -2.06. The van der Waals surface area contributed by atoms with Gasteiger partial charge in [-0.25, -0.2) is 9.78 Å². The van der Waals surface area contributed by atoms with Crippen LogP contribution in [0.2, 0.25) is 0 Å². The largest absolute Gasteiger partial charge is 0.461 e. The van der Waals surface area contributed by atoms with Crippen molar-refractivity contribution in [3.63, 3.8) is 0 Å². The first-order valence-corrected chi connectivity index (χ1v) is 5.69. The third-order valence-electron chi connectivity index (χ3n) is 2.82. The van der Waals surface area contributed by atoms with Crippen LogP contribution in [0.15, 0.2) is 23.0 Å². The molecule has 0 saturated heterocycles. The summed E-state index contributed by atoms with van der Waals surface area (Å²) in [5.74, 6) is -0.474. The summed E-state index contributed by atoms with van der Waals surface area (Å²) >= 11 is 0. The first kappa shape index (κ1) is 12.3. The van der Waals surface area contributed by atoms with Crippen LogP contribution in [0.4, 0.5) is 0 Å². The molecule has 0 aliphatic heterocycles. The van der Waals surface area contributed by atoms with E-state index < -0.39 is 5.97 Å². The van der Waals surface area contributed by atoms with Crippen LogP contribution in [-0.4, -0.2) is 22.1 Å². The number of carbonyl (C=O) groups excluding carboxylic acids is 1. The molecule has 0 fully saturated rings. The zero-order chi connectivity index (χ0) is 13.3. The van der Waals surface area contributed by atoms with E-state index in [-0.39, 0.29) is 11.3 Å². The van der Waals surface area contributed by atoms with Gasteiger partial charge in [0.25, 0.3) is 5.56 Å². The quantitative estimate of drug-likeness (QED) is 0.752. The number of ether oxygens (including phenoxy) is 1. The fourth-order valence-electron chi connectivity index (χ4n) is 1.72. The maximum atomic E-state index is 12.0. The molecule has 0 saturated carbocycles. The Morgan fingerprint density at radius 2 is 2.17 bits per heavy atom. The second-order valence-corrected chi connectivity index (χ2v) is 4.00. The molecule has 2 heterocycles. The van der Waals surface area contributed by atoms with Gasteiger partial charge in [-0.1, -0.05) is 0 Å². The molecule has 5 heteroatoms. The Kier molecular flexibility index (Phi) is 3.14. The van der Waals surface area contributed by atoms with E-state index in [0.29, 0.717) is 17.5 Å². The fraction of sp³-hybridized carbons (Fsp3) is 0.308. The van der Waals surface area contributed by atoms with Crippen LogP contribution < -0.4 is 5.56 Å². The molecule has 2 rings (SSSR count). The molecule has 0 amide bonds. The molecule has 0 spiro atoms. The van der Waals surface area contributed by atoms with Gasteiger partial charge < -0.3 is 9.30 Å². The van der Waals surface area contributed by atoms with Crippen LogP contribution >= 0.6 is 0 Å². The van der Waals surface area contributed by atoms with Crippen molar-refractivity contribution in [2.45, 2.75) is 13.8 Å². The summed E-state index contributed by atoms with van der Waals surface area (Å²) in [5.41, 5.74) is 1.41. The number of nitrogens with zero attached hydrogens (tertiary/aromatic N) is 2. The highest BCUT2D eigenvalue weighted by atomic mass is 16.5. The van der Waals surface area contributed by atoms with Gasteiger partial charge in [0.15, 0.2) is 0 Å². The molecule has 0 aliphatic carbocycles. The third-order valence-corrected chi connectivity index (χ3v) is 2.82. The summed E-state index contributed by atoms with van der Waals surface area (Å²) in [4.78, 5) is 27.7. The van der Waals surface area contributed by atoms with Gasteiger partial charge >= 0.3 is 5.97 Å². The van der Waals surface area contributed by atoms with Crippen molar-refractivity contribution in [2.24, 2.45) is 7.05 Å². The molecule has 0 aromatic carbocycles. The molecule has 94 valence electrons. The Bertz CT molecular complexity index is 674. The summed E-state index contributed by atoms with van der Waals surface area (Å²) in [7, 11) is 1.70. The number of hydrogen-bond acceptors (Lipinski definition) is 4. The average molecular weight is 246 g/mol. The molecule has 0 bridgehead atoms. The van der Waals surface area contributed by atoms with Gasteiger partial charge in [0.1, 0.15) is 5.69 Å². The monoisotopic (exact) mass is 246 g/mol. The highest BCUT2D eigenvalue weighted by Crippen LogP contribution is 2.11. The smallest absolute Gasteiger partial charge is 0.356 e. The average Bonchev–Trinajstić information content (AvgIpc) is 2.36. The van der Waals surface area contributed by atoms with Gasteiger partial charge in [0, 0.05) is 12.7 Å². The maximum Gasteiger partial charge on any atom is 0.356 e. The van der Waals surface area contributed by atoms with Gasteiger partial charge in [-0.3, -0.25) is 4.79 Å². The number of aryl methyl sites for hydroxylation is 1. The van der Waals surface area contributed by atoms with E-state index in [4.69, 9.17) is 4.74 Å². The van der Waals surface area contributed by atoms with E-state index in [1.807, 2.05) is 6.92 Å². The van der Waals surface area contributed by atoms with E-state index in [0.717, 1.165) is 5.69 Å². The molecule has 0 aliphatic rings. The number of fused-ring (bicyclic) bond motifs is 1. The Hall–Kier alpha value is -2.17. The summed E-state index contributed by atoms with van der Waals surface area (Å²) in [5, 5.41) is 0.496. The molecule has 0 radical (unpaired) electrons. The number of carbonyl (C=O) groups is 1. The molecule has 0 unspecified atom stereocenters. The number of pyridine rings is 2. The summed E-state index contributed by atoms with van der Waals surface area (Å²) in [6, 6.07) is 4.90. The highest BCUT2D eigenvalue weighted by molar-refractivity contribution is 5.90. The Morgan fingerprint density at radius 1 is 1.44 bits per heavy atom. The second kappa shape index (κ2) is 4.60. The molecule has 2 aromatic heterocycles. The van der Waals surface area contributed by atoms with Crippen molar-refractivity contribution in [3.8, 4) is 0 Å². The molecular formula is C13H14N2O3. The van der Waals surface area contributed by atoms with E-state index in [9.17, 15) is 9.59 Å². The minimum atomic E-state index is -0.474. The zero-order valence-corrected chi connectivity index (χ0v) is 10.6. The Morgan fingerprint density at radius 3 is 2.83 bits per heavy atom. The first-order valence-electron chi connectivity index (χ1n) is 5.69. The van der Waals surface area contributed by atoms with Crippen LogP contribution in [0.5, 0.6) is 0 Å². The van der Waals surface area contributed by atoms with Crippen LogP contribution in [-0.2, 0) is 11.8 Å². The summed E-state index contributed by atoms with van der Waals surface area (Å²) < 4.78 is 6.43. The van der Waals surface area contributed by atoms with E-state index >= 15 is 0 Å². The van der Waals surface area contributed by atoms with Crippen molar-refractivity contribution in [3.05, 3.63) is 39.9 Å². The second-order valence-electron chi connectivity index (χ2n) is 4.00. The van der Waals surface area contributed by atoms with Gasteiger partial charge in [-0.2, -0.15) is 0 Å². The molecule has 0 atom stereocenters. The predicted molar refractivity (Wildman–Crippen MR) is 67.7 cm³/mol. The maximum absolute atomic E-state index is 12.0. The lowest BCUT2D eigenvalue weighted by Crippen LogP contribution is -2.19. The topological polar surface area (TPSA) is 61.2 Å². The predicted octanol–water partition coefficient (Wildman–Crippen LogP) is 1.42. The molecule has 18 heavy (non-hydrogen) atoms. The fourth-order valence-corrected chi connectivity index (χ4v) is 1.72. The van der Waals surface area contributed by atoms with E-state index in [2.05, 4.69) is 4.98 Å². The van der Waals surface area contributed by atoms with Crippen molar-refractivity contribution >= 4 is 16.9 Å². The SMILES string of the molecule is CCOC(=O)c1ccc2c(=O)n(C)c(C)cc2n1. The van der Waals surface area contributed by atoms with Crippen LogP contribution in [0.3, 0.4) is 0 Å². The number of esters is 1. The van der Waals surface area contributed by atoms with Crippen molar-refractivity contribution in [1.29, 1.82) is 0 Å². The Balaban J connectivity index is 2.63. The lowest BCUT2D eigenvalue weighted by atomic mass is 10.2. The van der Waals surface area contributed by atoms with Crippen LogP contribution in [0.25, 0.3) is 10.9 Å². The van der Waals surface area contributed by atoms with E-state index in [1.165, 1.54) is 6.07 Å². The van der Waals surface area contributed by atoms with Crippen molar-refractivity contribution < 1.29 is 9.53 Å². The zero-order valence-electron chi connectivity index (χ0n) is 10.6. The standard InChI is InChI=1S/C13H14N2O3/c1-4-18-13(17)10-6-5-9-11(14-10)7-8(2)15(3)12(9)16/h5-7H,4H2,1-3H3. The molecule has 2 aromatic rings. The third kappa shape index (κ3) is 1.99. The molecule has 5 nitrogen and oxygen atoms in total. The van der Waals surface area contributed by atoms with Gasteiger partial charge in [-0.05, 0) is 32.0 Å². The van der Waals surface area contributed by atoms with E-state index in [1.54, 1.807) is 30.7 Å². The lowest BCUT2D eigenvalue weighted by molar-refractivity contribution is 0.0520. The normalized spacial score (nSPS) is 10.6. The molecular weight excluding hydrogens is 232 g/mol. The van der Waals surface area contributed by atoms with Crippen LogP contribution in [0.1, 0.15) is 23.1 Å². The number of aromatic nitrogens is 2. The minimum absolute atomic E-state index is 0.118. The summed E-state index contributed by atoms with van der Waals surface area (Å²) in [6.07, 6.45) is 0. The van der Waals surface area contributed by atoms with Gasteiger partial charge in [-0.15, -0.1) is 0 Å². The number of hydrogen-bond donors (Lipinski definition) is 0. The highest BCUT2D eigenvalue weighted by Gasteiger charge is 2.11. The summed E-state index contributed by atoms with van der Waals surface area (Å²) in [6.45, 7) is 3.85. The number of rotatable bonds is 2.